The van der Waals surface area contributed by atoms with Crippen molar-refractivity contribution in [1.29, 1.82) is 0 Å². The molecule has 0 amide bonds. The standard InChI is InChI=1S/C15H23NO3/c1-18-14-4-3-12(9-15(14)19-2)5-7-16-8-6-13(10-16)11-17/h3-4,9,13,17H,5-8,10-11H2,1-2H3. The number of hydrogen-bond acceptors (Lipinski definition) is 4. The number of methoxy groups -OCH3 is 2. The van der Waals surface area contributed by atoms with E-state index in [-0.39, 0.29) is 0 Å². The number of benzene rings is 1. The quantitative estimate of drug-likeness (QED) is 0.847. The molecule has 1 atom stereocenters. The van der Waals surface area contributed by atoms with Gasteiger partial charge in [0.1, 0.15) is 0 Å². The second-order valence-corrected chi connectivity index (χ2v) is 5.08. The molecule has 1 fully saturated rings. The fourth-order valence-electron chi connectivity index (χ4n) is 2.59. The molecule has 0 aromatic heterocycles. The minimum atomic E-state index is 0.312. The van der Waals surface area contributed by atoms with Gasteiger partial charge in [-0.1, -0.05) is 6.07 Å². The number of hydrogen-bond donors (Lipinski definition) is 1. The Morgan fingerprint density at radius 1 is 1.26 bits per heavy atom. The molecular formula is C15H23NO3. The normalized spacial score (nSPS) is 19.6. The second-order valence-electron chi connectivity index (χ2n) is 5.08. The summed E-state index contributed by atoms with van der Waals surface area (Å²) in [6, 6.07) is 6.08. The number of aliphatic hydroxyl groups excluding tert-OH is 1. The first kappa shape index (κ1) is 14.2. The van der Waals surface area contributed by atoms with Gasteiger partial charge in [0.05, 0.1) is 14.2 Å². The molecule has 1 saturated heterocycles. The third-order valence-corrected chi connectivity index (χ3v) is 3.79. The highest BCUT2D eigenvalue weighted by atomic mass is 16.5. The largest absolute Gasteiger partial charge is 0.493 e. The topological polar surface area (TPSA) is 41.9 Å². The Bertz CT molecular complexity index is 408. The monoisotopic (exact) mass is 265 g/mol. The van der Waals surface area contributed by atoms with E-state index in [2.05, 4.69) is 11.0 Å². The average Bonchev–Trinajstić information content (AvgIpc) is 2.92. The van der Waals surface area contributed by atoms with Crippen molar-refractivity contribution < 1.29 is 14.6 Å². The molecule has 19 heavy (non-hydrogen) atoms. The predicted molar refractivity (Wildman–Crippen MR) is 74.9 cm³/mol. The highest BCUT2D eigenvalue weighted by Gasteiger charge is 2.21. The number of ether oxygens (including phenoxy) is 2. The van der Waals surface area contributed by atoms with Crippen molar-refractivity contribution in [3.8, 4) is 11.5 Å². The fourth-order valence-corrected chi connectivity index (χ4v) is 2.59. The van der Waals surface area contributed by atoms with Crippen LogP contribution in [0.4, 0.5) is 0 Å². The van der Waals surface area contributed by atoms with Gasteiger partial charge in [0, 0.05) is 19.7 Å². The molecule has 0 saturated carbocycles. The molecule has 106 valence electrons. The minimum Gasteiger partial charge on any atom is -0.493 e. The van der Waals surface area contributed by atoms with Gasteiger partial charge in [-0.25, -0.2) is 0 Å². The van der Waals surface area contributed by atoms with Crippen LogP contribution >= 0.6 is 0 Å². The zero-order valence-corrected chi connectivity index (χ0v) is 11.8. The van der Waals surface area contributed by atoms with E-state index < -0.39 is 0 Å². The van der Waals surface area contributed by atoms with Crippen molar-refractivity contribution in [3.05, 3.63) is 23.8 Å². The molecule has 4 nitrogen and oxygen atoms in total. The Labute approximate surface area is 114 Å². The van der Waals surface area contributed by atoms with E-state index in [0.29, 0.717) is 12.5 Å². The van der Waals surface area contributed by atoms with Gasteiger partial charge in [-0.3, -0.25) is 0 Å². The summed E-state index contributed by atoms with van der Waals surface area (Å²) < 4.78 is 10.5. The molecule has 1 heterocycles. The molecule has 0 aliphatic carbocycles. The zero-order chi connectivity index (χ0) is 13.7. The summed E-state index contributed by atoms with van der Waals surface area (Å²) >= 11 is 0. The van der Waals surface area contributed by atoms with E-state index in [1.165, 1.54) is 5.56 Å². The van der Waals surface area contributed by atoms with E-state index in [1.54, 1.807) is 14.2 Å². The molecule has 0 radical (unpaired) electrons. The first-order valence-electron chi connectivity index (χ1n) is 6.81. The lowest BCUT2D eigenvalue weighted by Gasteiger charge is -2.16. The van der Waals surface area contributed by atoms with Crippen LogP contribution in [0.15, 0.2) is 18.2 Å². The minimum absolute atomic E-state index is 0.312. The molecule has 1 aliphatic rings. The predicted octanol–water partition coefficient (Wildman–Crippen LogP) is 1.56. The van der Waals surface area contributed by atoms with Gasteiger partial charge in [0.2, 0.25) is 0 Å². The van der Waals surface area contributed by atoms with Crippen LogP contribution in [0, 0.1) is 5.92 Å². The van der Waals surface area contributed by atoms with Crippen molar-refractivity contribution >= 4 is 0 Å². The Kier molecular flexibility index (Phi) is 5.05. The van der Waals surface area contributed by atoms with E-state index in [4.69, 9.17) is 14.6 Å². The summed E-state index contributed by atoms with van der Waals surface area (Å²) in [6.07, 6.45) is 2.11. The fraction of sp³-hybridized carbons (Fsp3) is 0.600. The summed E-state index contributed by atoms with van der Waals surface area (Å²) in [4.78, 5) is 2.41. The molecule has 1 N–H and O–H groups in total. The first-order valence-corrected chi connectivity index (χ1v) is 6.81. The van der Waals surface area contributed by atoms with Crippen LogP contribution in [0.1, 0.15) is 12.0 Å². The van der Waals surface area contributed by atoms with Gasteiger partial charge in [0.25, 0.3) is 0 Å². The molecular weight excluding hydrogens is 242 g/mol. The van der Waals surface area contributed by atoms with E-state index in [9.17, 15) is 0 Å². The summed E-state index contributed by atoms with van der Waals surface area (Å²) in [5.74, 6) is 2.02. The van der Waals surface area contributed by atoms with Crippen molar-refractivity contribution in [3.63, 3.8) is 0 Å². The SMILES string of the molecule is COc1ccc(CCN2CCC(CO)C2)cc1OC. The van der Waals surface area contributed by atoms with Crippen LogP contribution in [0.3, 0.4) is 0 Å². The van der Waals surface area contributed by atoms with Gasteiger partial charge < -0.3 is 19.5 Å². The number of aliphatic hydroxyl groups is 1. The molecule has 0 bridgehead atoms. The van der Waals surface area contributed by atoms with E-state index >= 15 is 0 Å². The Hall–Kier alpha value is -1.26. The molecule has 1 aromatic rings. The van der Waals surface area contributed by atoms with Crippen molar-refractivity contribution in [2.45, 2.75) is 12.8 Å². The summed E-state index contributed by atoms with van der Waals surface area (Å²) in [5, 5.41) is 9.14. The molecule has 0 spiro atoms. The highest BCUT2D eigenvalue weighted by Crippen LogP contribution is 2.28. The number of nitrogens with zero attached hydrogens (tertiary/aromatic N) is 1. The van der Waals surface area contributed by atoms with E-state index in [0.717, 1.165) is 44.0 Å². The van der Waals surface area contributed by atoms with Crippen LogP contribution in [0.25, 0.3) is 0 Å². The first-order chi connectivity index (χ1) is 9.26. The molecule has 1 unspecified atom stereocenters. The van der Waals surface area contributed by atoms with Crippen LogP contribution in [0.2, 0.25) is 0 Å². The highest BCUT2D eigenvalue weighted by molar-refractivity contribution is 5.42. The van der Waals surface area contributed by atoms with Gasteiger partial charge in [0.15, 0.2) is 11.5 Å². The third kappa shape index (κ3) is 3.61. The van der Waals surface area contributed by atoms with Crippen LogP contribution < -0.4 is 9.47 Å². The van der Waals surface area contributed by atoms with Gasteiger partial charge in [-0.05, 0) is 43.0 Å². The number of likely N-dealkylation sites (tertiary alicyclic amines) is 1. The van der Waals surface area contributed by atoms with Crippen LogP contribution in [-0.2, 0) is 6.42 Å². The molecule has 1 aromatic carbocycles. The average molecular weight is 265 g/mol. The lowest BCUT2D eigenvalue weighted by atomic mass is 10.1. The second kappa shape index (κ2) is 6.78. The Morgan fingerprint density at radius 2 is 2.05 bits per heavy atom. The van der Waals surface area contributed by atoms with E-state index in [1.807, 2.05) is 12.1 Å². The summed E-state index contributed by atoms with van der Waals surface area (Å²) in [5.41, 5.74) is 1.25. The smallest absolute Gasteiger partial charge is 0.160 e. The summed E-state index contributed by atoms with van der Waals surface area (Å²) in [6.45, 7) is 3.46. The van der Waals surface area contributed by atoms with Crippen molar-refractivity contribution in [2.75, 3.05) is 40.5 Å². The van der Waals surface area contributed by atoms with Gasteiger partial charge >= 0.3 is 0 Å². The lowest BCUT2D eigenvalue weighted by molar-refractivity contribution is 0.222. The van der Waals surface area contributed by atoms with Crippen molar-refractivity contribution in [2.24, 2.45) is 5.92 Å². The van der Waals surface area contributed by atoms with Crippen molar-refractivity contribution in [1.82, 2.24) is 4.90 Å². The summed E-state index contributed by atoms with van der Waals surface area (Å²) in [7, 11) is 3.31. The Balaban J connectivity index is 1.89. The maximum atomic E-state index is 9.14. The van der Waals surface area contributed by atoms with Crippen LogP contribution in [0.5, 0.6) is 11.5 Å². The zero-order valence-electron chi connectivity index (χ0n) is 11.8. The third-order valence-electron chi connectivity index (χ3n) is 3.79. The molecule has 2 rings (SSSR count). The van der Waals surface area contributed by atoms with Gasteiger partial charge in [-0.15, -0.1) is 0 Å². The maximum Gasteiger partial charge on any atom is 0.160 e. The lowest BCUT2D eigenvalue weighted by Crippen LogP contribution is -2.24. The maximum absolute atomic E-state index is 9.14. The number of rotatable bonds is 6. The molecule has 4 heteroatoms. The Morgan fingerprint density at radius 3 is 2.68 bits per heavy atom. The molecule has 1 aliphatic heterocycles. The van der Waals surface area contributed by atoms with Crippen LogP contribution in [-0.4, -0.2) is 50.5 Å². The van der Waals surface area contributed by atoms with Gasteiger partial charge in [-0.2, -0.15) is 0 Å².